The number of furan rings is 4. The fourth-order valence-electron chi connectivity index (χ4n) is 18.8. The van der Waals surface area contributed by atoms with Gasteiger partial charge in [0.25, 0.3) is 0 Å². The Morgan fingerprint density at radius 2 is 0.489 bits per heavy atom. The molecular formula is C132H87N3O4. The average Bonchev–Trinajstić information content (AvgIpc) is 1.17. The summed E-state index contributed by atoms with van der Waals surface area (Å²) in [5.74, 6) is 0. The van der Waals surface area contributed by atoms with Gasteiger partial charge in [-0.25, -0.2) is 0 Å². The lowest BCUT2D eigenvalue weighted by Gasteiger charge is -2.27. The van der Waals surface area contributed by atoms with Gasteiger partial charge in [-0.2, -0.15) is 0 Å². The summed E-state index contributed by atoms with van der Waals surface area (Å²) >= 11 is 0. The van der Waals surface area contributed by atoms with E-state index in [1.807, 2.05) is 182 Å². The molecule has 0 aliphatic carbocycles. The molecule has 0 saturated carbocycles. The highest BCUT2D eigenvalue weighted by Crippen LogP contribution is 2.49. The lowest BCUT2D eigenvalue weighted by atomic mass is 9.93. The Balaban J connectivity index is 0.000000127. The number of fused-ring (bicyclic) bond motifs is 16. The summed E-state index contributed by atoms with van der Waals surface area (Å²) in [6.45, 7) is 0. The van der Waals surface area contributed by atoms with Gasteiger partial charge in [-0.15, -0.1) is 0 Å². The number of nitrogens with zero attached hydrogens (tertiary/aromatic N) is 3. The molecule has 4 aromatic heterocycles. The first kappa shape index (κ1) is 57.1. The fraction of sp³-hybridized carbons (Fsp3) is 0. The van der Waals surface area contributed by atoms with Crippen molar-refractivity contribution in [2.45, 2.75) is 0 Å². The van der Waals surface area contributed by atoms with E-state index < -0.39 is 127 Å². The SMILES string of the molecule is [2H]c1c([2H])c([2H])c(-c2ccc(N(c3ccc(-c4cc(-c5c([2H])c([2H])c([2H])c([2H])c5[2H])cc5oc6ccccc6c45)cc3)c3c([2H])c([2H])c([2H])c([2H])c3[2H])cc2)c([2H])c1[2H].[2H]c1c([2H])c([2H])c(N(c2ccc(-c3cc(-c4ccc5c(c4)oc4ccccc45)cc4oc5ccccc5c34)cc2)c2cccc3ccccc23)c([2H])c1[2H].[2H]c1c([2H])c([2H])c(N(c2ccc(-c3cc4ccccc4c4ccccc34)cc2)c2c([2H])c([2H])c(-c3cccc4oc5ccccc5c34)c([2H])c2[2H])c([2H])c1[2H]. The summed E-state index contributed by atoms with van der Waals surface area (Å²) < 4.78 is 275. The zero-order valence-corrected chi connectivity index (χ0v) is 73.5. The molecule has 23 aromatic carbocycles. The van der Waals surface area contributed by atoms with Crippen LogP contribution in [-0.2, 0) is 0 Å². The summed E-state index contributed by atoms with van der Waals surface area (Å²) in [6, 6.07) is 96.8. The van der Waals surface area contributed by atoms with Crippen molar-refractivity contribution in [2.75, 3.05) is 14.7 Å². The van der Waals surface area contributed by atoms with Crippen molar-refractivity contribution < 1.29 is 57.4 Å². The van der Waals surface area contributed by atoms with Crippen LogP contribution in [0.25, 0.3) is 198 Å². The van der Waals surface area contributed by atoms with Gasteiger partial charge in [-0.3, -0.25) is 0 Å². The van der Waals surface area contributed by atoms with E-state index in [1.54, 1.807) is 89.8 Å². The minimum absolute atomic E-state index is 0.00403. The van der Waals surface area contributed by atoms with Crippen LogP contribution in [-0.4, -0.2) is 0 Å². The molecule has 0 N–H and O–H groups in total. The van der Waals surface area contributed by atoms with Crippen molar-refractivity contribution in [1.29, 1.82) is 0 Å². The van der Waals surface area contributed by atoms with Crippen LogP contribution in [0.5, 0.6) is 0 Å². The predicted octanol–water partition coefficient (Wildman–Crippen LogP) is 38.2. The number of anilines is 9. The second kappa shape index (κ2) is 35.8. The van der Waals surface area contributed by atoms with Crippen LogP contribution in [0.4, 0.5) is 51.2 Å². The molecule has 0 aliphatic heterocycles. The standard InChI is InChI=1S/C46H29NO2.C44H29NO.C42H29NO/c1-2-13-34(14-3-1)47(41-18-10-12-30-11-4-5-15-36(30)41)35-24-21-31(22-25-35)40-27-33(29-45-46(40)39-17-7-9-20-43(39)49-45)32-23-26-38-37-16-6-8-19-42(37)48-44(38)28-32;1-2-12-33(13-3-1)45(34-25-21-30(22-26-34)37-18-10-20-43-44(37)40-17-8-9-19-42(40)46-43)35-27-23-31(24-28-35)41-29-32-11-4-5-14-36(32)38-15-6-7-16-39(38)41;1-4-12-30(13-5-1)32-20-24-36(25-21-32)43(35-16-8-3-9-17-35)37-26-22-33(23-27-37)39-28-34(31-14-6-2-7-15-31)29-41-42(39)38-18-10-11-19-40(38)44-41/h1-29H;1-29H;1-29H/i1D,2D,3D,13D,14D;1D,2D,3D,12D,13D,21D,22D,25D,26D;1D,2D,3D,4D,5D,6D,7D,8D,9D,12D,13D,14D,15D,16D,17D. The molecule has 0 unspecified atom stereocenters. The first-order valence-electron chi connectivity index (χ1n) is 59.3. The maximum absolute atomic E-state index is 9.41. The van der Waals surface area contributed by atoms with E-state index in [2.05, 4.69) is 72.8 Å². The van der Waals surface area contributed by atoms with Crippen molar-refractivity contribution in [1.82, 2.24) is 0 Å². The highest BCUT2D eigenvalue weighted by molar-refractivity contribution is 6.18. The zero-order chi connectivity index (χ0) is 117. The second-order valence-electron chi connectivity index (χ2n) is 33.1. The molecule has 27 aromatic rings. The predicted molar refractivity (Wildman–Crippen MR) is 583 cm³/mol. The number of hydrogen-bond donors (Lipinski definition) is 0. The molecule has 0 bridgehead atoms. The van der Waals surface area contributed by atoms with Crippen LogP contribution in [0.1, 0.15) is 39.8 Å². The van der Waals surface area contributed by atoms with Gasteiger partial charge in [0.05, 0.1) is 45.4 Å². The Kier molecular flexibility index (Phi) is 14.7. The quantitative estimate of drug-likeness (QED) is 0.0893. The fourth-order valence-corrected chi connectivity index (χ4v) is 18.8. The largest absolute Gasteiger partial charge is 0.456 e. The Morgan fingerprint density at radius 1 is 0.151 bits per heavy atom. The van der Waals surface area contributed by atoms with Gasteiger partial charge in [0.15, 0.2) is 0 Å². The molecule has 139 heavy (non-hydrogen) atoms. The van der Waals surface area contributed by atoms with Gasteiger partial charge in [-0.05, 0) is 281 Å². The Morgan fingerprint density at radius 3 is 1.02 bits per heavy atom. The Labute approximate surface area is 844 Å². The maximum atomic E-state index is 9.41. The average molecular weight is 1810 g/mol. The molecule has 4 heterocycles. The van der Waals surface area contributed by atoms with Crippen molar-refractivity contribution >= 4 is 171 Å². The molecular weight excluding hydrogens is 1690 g/mol. The molecule has 7 heteroatoms. The third-order valence-electron chi connectivity index (χ3n) is 25.1. The van der Waals surface area contributed by atoms with Gasteiger partial charge in [0.2, 0.25) is 0 Å². The number of hydrogen-bond acceptors (Lipinski definition) is 7. The van der Waals surface area contributed by atoms with E-state index in [1.165, 1.54) is 21.9 Å². The van der Waals surface area contributed by atoms with E-state index in [-0.39, 0.29) is 93.5 Å². The van der Waals surface area contributed by atoms with Gasteiger partial charge >= 0.3 is 0 Å². The van der Waals surface area contributed by atoms with E-state index >= 15 is 0 Å². The lowest BCUT2D eigenvalue weighted by molar-refractivity contribution is 0.668. The molecule has 0 radical (unpaired) electrons. The smallest absolute Gasteiger partial charge is 0.136 e. The maximum Gasteiger partial charge on any atom is 0.136 e. The van der Waals surface area contributed by atoms with Crippen LogP contribution >= 0.6 is 0 Å². The summed E-state index contributed by atoms with van der Waals surface area (Å²) in [5, 5.41) is 13.2. The van der Waals surface area contributed by atoms with Gasteiger partial charge < -0.3 is 32.4 Å². The highest BCUT2D eigenvalue weighted by Gasteiger charge is 2.24. The van der Waals surface area contributed by atoms with Gasteiger partial charge in [0.1, 0.15) is 44.7 Å². The summed E-state index contributed by atoms with van der Waals surface area (Å²) in [4.78, 5) is 4.50. The van der Waals surface area contributed by atoms with E-state index in [0.717, 1.165) is 120 Å². The van der Waals surface area contributed by atoms with Crippen LogP contribution < -0.4 is 14.7 Å². The highest BCUT2D eigenvalue weighted by atomic mass is 16.3. The van der Waals surface area contributed by atoms with Gasteiger partial charge in [-0.1, -0.05) is 351 Å². The van der Waals surface area contributed by atoms with Crippen LogP contribution in [0.2, 0.25) is 0 Å². The molecule has 0 amide bonds. The summed E-state index contributed by atoms with van der Waals surface area (Å²) in [5.41, 5.74) is 15.0. The monoisotopic (exact) mass is 1810 g/mol. The molecule has 0 fully saturated rings. The Hall–Kier alpha value is -18.6. The van der Waals surface area contributed by atoms with E-state index in [0.29, 0.717) is 83.7 Å². The molecule has 27 rings (SSSR count). The molecule has 0 aliphatic rings. The van der Waals surface area contributed by atoms with Crippen LogP contribution in [0, 0.1) is 0 Å². The minimum atomic E-state index is -0.592. The molecule has 0 atom stereocenters. The molecule has 7 nitrogen and oxygen atoms in total. The number of para-hydroxylation sites is 7. The second-order valence-corrected chi connectivity index (χ2v) is 33.1. The molecule has 0 spiro atoms. The lowest BCUT2D eigenvalue weighted by Crippen LogP contribution is -2.10. The minimum Gasteiger partial charge on any atom is -0.456 e. The first-order valence-corrected chi connectivity index (χ1v) is 44.8. The van der Waals surface area contributed by atoms with Crippen molar-refractivity contribution in [3.8, 4) is 77.9 Å². The topological polar surface area (TPSA) is 62.3 Å². The summed E-state index contributed by atoms with van der Waals surface area (Å²) in [6.07, 6.45) is 0. The van der Waals surface area contributed by atoms with Crippen LogP contribution in [0.3, 0.4) is 0 Å². The van der Waals surface area contributed by atoms with E-state index in [9.17, 15) is 5.48 Å². The first-order chi connectivity index (χ1) is 80.9. The van der Waals surface area contributed by atoms with Crippen molar-refractivity contribution in [3.63, 3.8) is 0 Å². The van der Waals surface area contributed by atoms with Crippen LogP contribution in [0.15, 0.2) is 545 Å². The Bertz CT molecular complexity index is 11000. The third-order valence-corrected chi connectivity index (χ3v) is 25.1. The third kappa shape index (κ3) is 15.6. The van der Waals surface area contributed by atoms with Crippen molar-refractivity contribution in [2.24, 2.45) is 0 Å². The van der Waals surface area contributed by atoms with Gasteiger partial charge in [0, 0.05) is 94.0 Å². The number of benzene rings is 23. The number of rotatable bonds is 16. The normalized spacial score (nSPS) is 14.4. The summed E-state index contributed by atoms with van der Waals surface area (Å²) in [7, 11) is 0. The zero-order valence-electron chi connectivity index (χ0n) is 102. The molecule has 0 saturated heterocycles. The molecule has 654 valence electrons. The van der Waals surface area contributed by atoms with Crippen molar-refractivity contribution in [3.05, 3.63) is 527 Å². The van der Waals surface area contributed by atoms with E-state index in [4.69, 9.17) is 51.9 Å².